The average Bonchev–Trinajstić information content (AvgIpc) is 2.51. The van der Waals surface area contributed by atoms with Gasteiger partial charge < -0.3 is 10.6 Å². The maximum absolute atomic E-state index is 12.0. The number of benzene rings is 2. The number of carbonyl (C=O) groups is 1. The van der Waals surface area contributed by atoms with Gasteiger partial charge in [0.05, 0.1) is 0 Å². The molecule has 0 aliphatic heterocycles. The first-order valence-corrected chi connectivity index (χ1v) is 8.16. The number of aryl methyl sites for hydroxylation is 2. The second-order valence-electron chi connectivity index (χ2n) is 6.30. The van der Waals surface area contributed by atoms with Crippen molar-refractivity contribution in [1.29, 1.82) is 0 Å². The maximum Gasteiger partial charge on any atom is 0.226 e. The molecule has 2 rings (SSSR count). The summed E-state index contributed by atoms with van der Waals surface area (Å²) in [6.45, 7) is 9.10. The molecule has 2 aromatic rings. The molecular formula is C20H26N2O. The summed E-state index contributed by atoms with van der Waals surface area (Å²) in [5, 5.41) is 6.23. The van der Waals surface area contributed by atoms with Gasteiger partial charge in [-0.3, -0.25) is 4.79 Å². The Morgan fingerprint density at radius 2 is 1.61 bits per heavy atom. The van der Waals surface area contributed by atoms with Crippen molar-refractivity contribution in [3.8, 4) is 0 Å². The Balaban J connectivity index is 1.79. The van der Waals surface area contributed by atoms with Gasteiger partial charge in [0.25, 0.3) is 0 Å². The number of anilines is 2. The summed E-state index contributed by atoms with van der Waals surface area (Å²) in [6, 6.07) is 14.4. The Labute approximate surface area is 139 Å². The number of hydrogen-bond donors (Lipinski definition) is 2. The molecule has 0 aromatic heterocycles. The van der Waals surface area contributed by atoms with Crippen LogP contribution in [0.4, 0.5) is 11.4 Å². The van der Waals surface area contributed by atoms with E-state index in [4.69, 9.17) is 0 Å². The molecule has 0 spiro atoms. The van der Waals surface area contributed by atoms with Crippen molar-refractivity contribution in [3.63, 3.8) is 0 Å². The summed E-state index contributed by atoms with van der Waals surface area (Å²) in [6.07, 6.45) is 0.443. The normalized spacial score (nSPS) is 10.7. The van der Waals surface area contributed by atoms with Crippen molar-refractivity contribution >= 4 is 17.3 Å². The van der Waals surface area contributed by atoms with E-state index in [1.54, 1.807) is 0 Å². The summed E-state index contributed by atoms with van der Waals surface area (Å²) < 4.78 is 0. The van der Waals surface area contributed by atoms with Crippen LogP contribution < -0.4 is 10.6 Å². The third kappa shape index (κ3) is 5.13. The van der Waals surface area contributed by atoms with Gasteiger partial charge in [-0.15, -0.1) is 0 Å². The van der Waals surface area contributed by atoms with Crippen LogP contribution >= 0.6 is 0 Å². The standard InChI is InChI=1S/C20H26N2O/c1-14(2)17-6-9-18(10-7-17)21-12-11-20(23)22-19-8-5-15(3)16(4)13-19/h5-10,13-14,21H,11-12H2,1-4H3,(H,22,23). The molecule has 2 aromatic carbocycles. The fourth-order valence-corrected chi connectivity index (χ4v) is 2.35. The van der Waals surface area contributed by atoms with Crippen molar-refractivity contribution in [2.24, 2.45) is 0 Å². The van der Waals surface area contributed by atoms with Crippen molar-refractivity contribution < 1.29 is 4.79 Å². The van der Waals surface area contributed by atoms with E-state index in [2.05, 4.69) is 55.7 Å². The first kappa shape index (κ1) is 17.1. The molecule has 1 amide bonds. The van der Waals surface area contributed by atoms with Crippen LogP contribution in [0.3, 0.4) is 0 Å². The number of nitrogens with one attached hydrogen (secondary N) is 2. The summed E-state index contributed by atoms with van der Waals surface area (Å²) >= 11 is 0. The highest BCUT2D eigenvalue weighted by Crippen LogP contribution is 2.17. The smallest absolute Gasteiger partial charge is 0.226 e. The minimum atomic E-state index is 0.0274. The van der Waals surface area contributed by atoms with Gasteiger partial charge >= 0.3 is 0 Å². The van der Waals surface area contributed by atoms with Crippen molar-refractivity contribution in [2.75, 3.05) is 17.2 Å². The quantitative estimate of drug-likeness (QED) is 0.799. The number of hydrogen-bond acceptors (Lipinski definition) is 2. The van der Waals surface area contributed by atoms with E-state index in [0.717, 1.165) is 11.4 Å². The third-order valence-corrected chi connectivity index (χ3v) is 4.05. The van der Waals surface area contributed by atoms with Gasteiger partial charge in [0, 0.05) is 24.3 Å². The van der Waals surface area contributed by atoms with Crippen LogP contribution in [-0.2, 0) is 4.79 Å². The van der Waals surface area contributed by atoms with Crippen molar-refractivity contribution in [2.45, 2.75) is 40.0 Å². The molecule has 0 aliphatic carbocycles. The van der Waals surface area contributed by atoms with Crippen molar-refractivity contribution in [3.05, 3.63) is 59.2 Å². The lowest BCUT2D eigenvalue weighted by atomic mass is 10.0. The first-order chi connectivity index (χ1) is 11.0. The van der Waals surface area contributed by atoms with Crippen LogP contribution in [0.25, 0.3) is 0 Å². The largest absolute Gasteiger partial charge is 0.385 e. The van der Waals surface area contributed by atoms with E-state index in [1.807, 2.05) is 25.1 Å². The molecule has 122 valence electrons. The molecule has 23 heavy (non-hydrogen) atoms. The summed E-state index contributed by atoms with van der Waals surface area (Å²) in [7, 11) is 0. The highest BCUT2D eigenvalue weighted by Gasteiger charge is 2.04. The van der Waals surface area contributed by atoms with Crippen LogP contribution in [0.5, 0.6) is 0 Å². The Kier molecular flexibility index (Phi) is 5.80. The molecule has 0 unspecified atom stereocenters. The number of rotatable bonds is 6. The third-order valence-electron chi connectivity index (χ3n) is 4.05. The molecule has 0 heterocycles. The van der Waals surface area contributed by atoms with Crippen LogP contribution in [0.1, 0.15) is 42.9 Å². The molecule has 0 radical (unpaired) electrons. The van der Waals surface area contributed by atoms with E-state index >= 15 is 0 Å². The second-order valence-corrected chi connectivity index (χ2v) is 6.30. The Morgan fingerprint density at radius 1 is 0.957 bits per heavy atom. The zero-order valence-corrected chi connectivity index (χ0v) is 14.4. The van der Waals surface area contributed by atoms with Crippen molar-refractivity contribution in [1.82, 2.24) is 0 Å². The average molecular weight is 310 g/mol. The van der Waals surface area contributed by atoms with E-state index < -0.39 is 0 Å². The molecule has 0 saturated carbocycles. The lowest BCUT2D eigenvalue weighted by Gasteiger charge is -2.10. The van der Waals surface area contributed by atoms with Crippen LogP contribution in [-0.4, -0.2) is 12.5 Å². The minimum Gasteiger partial charge on any atom is -0.385 e. The lowest BCUT2D eigenvalue weighted by molar-refractivity contribution is -0.115. The molecule has 3 heteroatoms. The fraction of sp³-hybridized carbons (Fsp3) is 0.350. The zero-order chi connectivity index (χ0) is 16.8. The highest BCUT2D eigenvalue weighted by molar-refractivity contribution is 5.91. The minimum absolute atomic E-state index is 0.0274. The van der Waals surface area contributed by atoms with Gasteiger partial charge in [-0.05, 0) is 60.7 Å². The van der Waals surface area contributed by atoms with Crippen LogP contribution in [0.2, 0.25) is 0 Å². The van der Waals surface area contributed by atoms with E-state index in [-0.39, 0.29) is 5.91 Å². The molecular weight excluding hydrogens is 284 g/mol. The highest BCUT2D eigenvalue weighted by atomic mass is 16.1. The predicted octanol–water partition coefficient (Wildman–Crippen LogP) is 4.87. The molecule has 3 nitrogen and oxygen atoms in total. The first-order valence-electron chi connectivity index (χ1n) is 8.16. The molecule has 0 bridgehead atoms. The Hall–Kier alpha value is -2.29. The second kappa shape index (κ2) is 7.82. The Bertz CT molecular complexity index is 660. The summed E-state index contributed by atoms with van der Waals surface area (Å²) in [5.41, 5.74) is 5.65. The molecule has 0 fully saturated rings. The predicted molar refractivity (Wildman–Crippen MR) is 98.2 cm³/mol. The molecule has 2 N–H and O–H groups in total. The van der Waals surface area contributed by atoms with Gasteiger partial charge in [0.15, 0.2) is 0 Å². The summed E-state index contributed by atoms with van der Waals surface area (Å²) in [5.74, 6) is 0.562. The zero-order valence-electron chi connectivity index (χ0n) is 14.4. The van der Waals surface area contributed by atoms with Crippen LogP contribution in [0, 0.1) is 13.8 Å². The van der Waals surface area contributed by atoms with Gasteiger partial charge in [-0.25, -0.2) is 0 Å². The maximum atomic E-state index is 12.0. The molecule has 0 atom stereocenters. The van der Waals surface area contributed by atoms with Gasteiger partial charge in [0.1, 0.15) is 0 Å². The van der Waals surface area contributed by atoms with E-state index in [1.165, 1.54) is 16.7 Å². The lowest BCUT2D eigenvalue weighted by Crippen LogP contribution is -2.16. The number of carbonyl (C=O) groups excluding carboxylic acids is 1. The van der Waals surface area contributed by atoms with Gasteiger partial charge in [-0.2, -0.15) is 0 Å². The Morgan fingerprint density at radius 3 is 2.22 bits per heavy atom. The van der Waals surface area contributed by atoms with E-state index in [9.17, 15) is 4.79 Å². The summed E-state index contributed by atoms with van der Waals surface area (Å²) in [4.78, 5) is 12.0. The van der Waals surface area contributed by atoms with Gasteiger partial charge in [-0.1, -0.05) is 32.0 Å². The fourth-order valence-electron chi connectivity index (χ4n) is 2.35. The number of amides is 1. The molecule has 0 aliphatic rings. The topological polar surface area (TPSA) is 41.1 Å². The van der Waals surface area contributed by atoms with Crippen LogP contribution in [0.15, 0.2) is 42.5 Å². The monoisotopic (exact) mass is 310 g/mol. The van der Waals surface area contributed by atoms with E-state index in [0.29, 0.717) is 18.9 Å². The van der Waals surface area contributed by atoms with Gasteiger partial charge in [0.2, 0.25) is 5.91 Å². The SMILES string of the molecule is Cc1ccc(NC(=O)CCNc2ccc(C(C)C)cc2)cc1C. The molecule has 0 saturated heterocycles.